The number of sulfonamides is 1. The molecule has 1 N–H and O–H groups in total. The van der Waals surface area contributed by atoms with E-state index >= 15 is 0 Å². The van der Waals surface area contributed by atoms with Crippen molar-refractivity contribution in [3.05, 3.63) is 65.7 Å². The van der Waals surface area contributed by atoms with Gasteiger partial charge < -0.3 is 0 Å². The fraction of sp³-hybridized carbons (Fsp3) is 0.250. The Hall–Kier alpha value is -1.86. The van der Waals surface area contributed by atoms with Crippen LogP contribution in [0.25, 0.3) is 0 Å². The first-order chi connectivity index (χ1) is 10.6. The summed E-state index contributed by atoms with van der Waals surface area (Å²) in [5, 5.41) is 0. The molecule has 23 heavy (non-hydrogen) atoms. The van der Waals surface area contributed by atoms with Crippen molar-refractivity contribution in [2.75, 3.05) is 0 Å². The Morgan fingerprint density at radius 2 is 1.43 bits per heavy atom. The molecule has 3 nitrogen and oxygen atoms in total. The van der Waals surface area contributed by atoms with E-state index in [1.165, 1.54) is 48.5 Å². The maximum absolute atomic E-state index is 13.6. The molecular formula is C16H16F3NO2S. The van der Waals surface area contributed by atoms with E-state index in [1.54, 1.807) is 13.0 Å². The SMILES string of the molecule is Cc1ccc(S(=O)(=O)NC(C)(c2ccccc2)C(F)(F)F)cc1. The van der Waals surface area contributed by atoms with Gasteiger partial charge in [0.2, 0.25) is 10.0 Å². The Morgan fingerprint density at radius 1 is 0.913 bits per heavy atom. The Bertz CT molecular complexity index is 771. The third-order valence-electron chi connectivity index (χ3n) is 3.59. The van der Waals surface area contributed by atoms with Gasteiger partial charge in [0.25, 0.3) is 0 Å². The standard InChI is InChI=1S/C16H16F3NO2S/c1-12-8-10-14(11-9-12)23(21,22)20-15(2,16(17,18)19)13-6-4-3-5-7-13/h3-11,20H,1-2H3. The van der Waals surface area contributed by atoms with Crippen molar-refractivity contribution in [2.45, 2.75) is 30.5 Å². The Kier molecular flexibility index (Phi) is 4.54. The average molecular weight is 343 g/mol. The molecule has 0 heterocycles. The molecule has 2 rings (SSSR count). The van der Waals surface area contributed by atoms with Gasteiger partial charge in [0, 0.05) is 0 Å². The van der Waals surface area contributed by atoms with E-state index in [1.807, 2.05) is 4.72 Å². The second kappa shape index (κ2) is 5.98. The highest BCUT2D eigenvalue weighted by molar-refractivity contribution is 7.89. The molecule has 1 atom stereocenters. The van der Waals surface area contributed by atoms with E-state index in [0.717, 1.165) is 12.5 Å². The van der Waals surface area contributed by atoms with Crippen molar-refractivity contribution in [3.8, 4) is 0 Å². The van der Waals surface area contributed by atoms with E-state index in [-0.39, 0.29) is 10.5 Å². The van der Waals surface area contributed by atoms with Crippen LogP contribution in [0, 0.1) is 6.92 Å². The van der Waals surface area contributed by atoms with Gasteiger partial charge in [0.05, 0.1) is 4.90 Å². The van der Waals surface area contributed by atoms with Gasteiger partial charge in [-0.2, -0.15) is 17.9 Å². The summed E-state index contributed by atoms with van der Waals surface area (Å²) in [4.78, 5) is -0.213. The van der Waals surface area contributed by atoms with Gasteiger partial charge in [-0.3, -0.25) is 0 Å². The molecule has 0 spiro atoms. The zero-order chi connectivity index (χ0) is 17.3. The molecule has 0 saturated carbocycles. The Balaban J connectivity index is 2.49. The average Bonchev–Trinajstić information content (AvgIpc) is 2.47. The summed E-state index contributed by atoms with van der Waals surface area (Å²) in [5.41, 5.74) is -2.09. The highest BCUT2D eigenvalue weighted by Crippen LogP contribution is 2.39. The molecule has 2 aromatic carbocycles. The highest BCUT2D eigenvalue weighted by Gasteiger charge is 2.54. The molecule has 0 fully saturated rings. The van der Waals surface area contributed by atoms with Crippen LogP contribution < -0.4 is 4.72 Å². The van der Waals surface area contributed by atoms with Gasteiger partial charge in [0.1, 0.15) is 0 Å². The number of halogens is 3. The van der Waals surface area contributed by atoms with Crippen molar-refractivity contribution in [2.24, 2.45) is 0 Å². The summed E-state index contributed by atoms with van der Waals surface area (Å²) >= 11 is 0. The normalized spacial score (nSPS) is 15.2. The molecule has 124 valence electrons. The van der Waals surface area contributed by atoms with Crippen LogP contribution >= 0.6 is 0 Å². The van der Waals surface area contributed by atoms with E-state index < -0.39 is 21.7 Å². The lowest BCUT2D eigenvalue weighted by molar-refractivity contribution is -0.189. The second-order valence-electron chi connectivity index (χ2n) is 5.41. The maximum Gasteiger partial charge on any atom is 0.411 e. The molecule has 0 amide bonds. The zero-order valence-corrected chi connectivity index (χ0v) is 13.4. The van der Waals surface area contributed by atoms with Crippen LogP contribution in [0.4, 0.5) is 13.2 Å². The van der Waals surface area contributed by atoms with Gasteiger partial charge in [0.15, 0.2) is 5.54 Å². The third kappa shape index (κ3) is 3.56. The lowest BCUT2D eigenvalue weighted by Gasteiger charge is -2.33. The van der Waals surface area contributed by atoms with Crippen molar-refractivity contribution in [1.29, 1.82) is 0 Å². The van der Waals surface area contributed by atoms with Gasteiger partial charge >= 0.3 is 6.18 Å². The summed E-state index contributed by atoms with van der Waals surface area (Å²) in [6, 6.07) is 12.5. The molecular weight excluding hydrogens is 327 g/mol. The fourth-order valence-electron chi connectivity index (χ4n) is 2.10. The van der Waals surface area contributed by atoms with E-state index in [4.69, 9.17) is 0 Å². The molecule has 0 aliphatic carbocycles. The molecule has 0 saturated heterocycles. The van der Waals surface area contributed by atoms with Gasteiger partial charge in [-0.25, -0.2) is 8.42 Å². The van der Waals surface area contributed by atoms with Crippen molar-refractivity contribution < 1.29 is 21.6 Å². The predicted octanol–water partition coefficient (Wildman–Crippen LogP) is 3.75. The molecule has 2 aromatic rings. The van der Waals surface area contributed by atoms with Crippen LogP contribution in [-0.4, -0.2) is 14.6 Å². The first-order valence-corrected chi connectivity index (χ1v) is 8.27. The number of alkyl halides is 3. The van der Waals surface area contributed by atoms with Crippen LogP contribution in [0.15, 0.2) is 59.5 Å². The molecule has 1 unspecified atom stereocenters. The number of hydrogen-bond donors (Lipinski definition) is 1. The number of hydrogen-bond acceptors (Lipinski definition) is 2. The number of rotatable bonds is 4. The topological polar surface area (TPSA) is 46.2 Å². The zero-order valence-electron chi connectivity index (χ0n) is 12.6. The minimum atomic E-state index is -4.80. The van der Waals surface area contributed by atoms with Crippen LogP contribution in [0.2, 0.25) is 0 Å². The van der Waals surface area contributed by atoms with Crippen LogP contribution in [0.3, 0.4) is 0 Å². The summed E-state index contributed by atoms with van der Waals surface area (Å²) in [5.74, 6) is 0. The minimum absolute atomic E-state index is 0.178. The predicted molar refractivity (Wildman–Crippen MR) is 81.3 cm³/mol. The largest absolute Gasteiger partial charge is 0.411 e. The summed E-state index contributed by atoms with van der Waals surface area (Å²) in [6.07, 6.45) is -4.80. The molecule has 0 bridgehead atoms. The second-order valence-corrected chi connectivity index (χ2v) is 7.09. The van der Waals surface area contributed by atoms with Gasteiger partial charge in [-0.1, -0.05) is 48.0 Å². The Morgan fingerprint density at radius 3 is 1.91 bits per heavy atom. The van der Waals surface area contributed by atoms with Crippen molar-refractivity contribution in [1.82, 2.24) is 4.72 Å². The van der Waals surface area contributed by atoms with Crippen LogP contribution in [-0.2, 0) is 15.6 Å². The van der Waals surface area contributed by atoms with Gasteiger partial charge in [-0.05, 0) is 31.5 Å². The highest BCUT2D eigenvalue weighted by atomic mass is 32.2. The first kappa shape index (κ1) is 17.5. The summed E-state index contributed by atoms with van der Waals surface area (Å²) < 4.78 is 67.3. The van der Waals surface area contributed by atoms with Crippen LogP contribution in [0.1, 0.15) is 18.1 Å². The maximum atomic E-state index is 13.6. The van der Waals surface area contributed by atoms with E-state index in [0.29, 0.717) is 0 Å². The Labute approximate surface area is 133 Å². The lowest BCUT2D eigenvalue weighted by atomic mass is 9.93. The van der Waals surface area contributed by atoms with Crippen LogP contribution in [0.5, 0.6) is 0 Å². The molecule has 0 aromatic heterocycles. The fourth-order valence-corrected chi connectivity index (χ4v) is 3.48. The first-order valence-electron chi connectivity index (χ1n) is 6.79. The van der Waals surface area contributed by atoms with E-state index in [9.17, 15) is 21.6 Å². The van der Waals surface area contributed by atoms with Crippen molar-refractivity contribution in [3.63, 3.8) is 0 Å². The minimum Gasteiger partial charge on any atom is -0.207 e. The number of benzene rings is 2. The van der Waals surface area contributed by atoms with Crippen molar-refractivity contribution >= 4 is 10.0 Å². The lowest BCUT2D eigenvalue weighted by Crippen LogP contribution is -2.53. The van der Waals surface area contributed by atoms with E-state index in [2.05, 4.69) is 0 Å². The molecule has 0 radical (unpaired) electrons. The molecule has 7 heteroatoms. The molecule has 0 aliphatic rings. The number of nitrogens with one attached hydrogen (secondary N) is 1. The summed E-state index contributed by atoms with van der Waals surface area (Å²) in [6.45, 7) is 2.57. The third-order valence-corrected chi connectivity index (χ3v) is 5.16. The quantitative estimate of drug-likeness (QED) is 0.919. The summed E-state index contributed by atoms with van der Waals surface area (Å²) in [7, 11) is -4.34. The van der Waals surface area contributed by atoms with Gasteiger partial charge in [-0.15, -0.1) is 0 Å². The smallest absolute Gasteiger partial charge is 0.207 e. The monoisotopic (exact) mass is 343 g/mol. The number of aryl methyl sites for hydroxylation is 1. The molecule has 0 aliphatic heterocycles.